The van der Waals surface area contributed by atoms with Gasteiger partial charge in [0.2, 0.25) is 5.71 Å². The van der Waals surface area contributed by atoms with Crippen LogP contribution in [-0.2, 0) is 24.3 Å². The minimum absolute atomic E-state index is 0.0349. The number of ether oxygens (including phenoxy) is 3. The minimum atomic E-state index is -0.626. The van der Waals surface area contributed by atoms with Gasteiger partial charge in [0.25, 0.3) is 0 Å². The topological polar surface area (TPSA) is 75.7 Å². The number of benzene rings is 2. The molecule has 0 radical (unpaired) electrons. The number of halogens is 2. The van der Waals surface area contributed by atoms with Crippen molar-refractivity contribution in [2.45, 2.75) is 19.6 Å². The van der Waals surface area contributed by atoms with Crippen LogP contribution < -0.4 is 15.1 Å². The Labute approximate surface area is 190 Å². The maximum Gasteiger partial charge on any atom is 0.362 e. The van der Waals surface area contributed by atoms with Crippen molar-refractivity contribution in [1.82, 2.24) is 9.55 Å². The van der Waals surface area contributed by atoms with Crippen molar-refractivity contribution in [3.63, 3.8) is 0 Å². The maximum atomic E-state index is 15.1. The predicted molar refractivity (Wildman–Crippen MR) is 118 cm³/mol. The van der Waals surface area contributed by atoms with Gasteiger partial charge in [-0.05, 0) is 30.3 Å². The van der Waals surface area contributed by atoms with Crippen LogP contribution in [0.3, 0.4) is 0 Å². The van der Waals surface area contributed by atoms with Gasteiger partial charge in [-0.15, -0.1) is 0 Å². The molecule has 9 heteroatoms. The zero-order valence-electron chi connectivity index (χ0n) is 17.7. The Morgan fingerprint density at radius 1 is 1.09 bits per heavy atom. The average Bonchev–Trinajstić information content (AvgIpc) is 3.44. The lowest BCUT2D eigenvalue weighted by Gasteiger charge is -2.21. The van der Waals surface area contributed by atoms with E-state index in [0.717, 1.165) is 0 Å². The second-order valence-corrected chi connectivity index (χ2v) is 8.38. The Balaban J connectivity index is 1.62. The molecule has 0 atom stereocenters. The van der Waals surface area contributed by atoms with Crippen molar-refractivity contribution in [2.75, 3.05) is 13.4 Å². The molecule has 5 aromatic rings. The second kappa shape index (κ2) is 7.01. The first-order valence-corrected chi connectivity index (χ1v) is 10.8. The highest BCUT2D eigenvalue weighted by molar-refractivity contribution is 6.21. The average molecular weight is 462 g/mol. The van der Waals surface area contributed by atoms with Crippen LogP contribution in [0.5, 0.6) is 11.5 Å². The molecule has 2 aromatic carbocycles. The molecule has 0 amide bonds. The lowest BCUT2D eigenvalue weighted by Crippen LogP contribution is -2.15. The lowest BCUT2D eigenvalue weighted by molar-refractivity contribution is -0.0173. The van der Waals surface area contributed by atoms with Gasteiger partial charge in [0, 0.05) is 40.1 Å². The fraction of sp³-hybridized carbons (Fsp3) is 0.200. The third-order valence-corrected chi connectivity index (χ3v) is 6.46. The molecule has 7 nitrogen and oxygen atoms in total. The summed E-state index contributed by atoms with van der Waals surface area (Å²) >= 11 is 0. The highest BCUT2D eigenvalue weighted by Gasteiger charge is 2.29. The molecule has 5 heterocycles. The summed E-state index contributed by atoms with van der Waals surface area (Å²) in [7, 11) is 0. The fourth-order valence-electron chi connectivity index (χ4n) is 5.11. The summed E-state index contributed by atoms with van der Waals surface area (Å²) in [4.78, 5) is 17.4. The highest BCUT2D eigenvalue weighted by Crippen LogP contribution is 2.44. The number of hydrogen-bond donors (Lipinski definition) is 0. The van der Waals surface area contributed by atoms with Crippen LogP contribution >= 0.6 is 0 Å². The molecule has 170 valence electrons. The standard InChI is InChI=1S/C25H16F2N2O5/c26-14-6-12(22-13(7-14)10-31-11-33-22)9-29-18-8-17(27)15-3-5-32-23(15)20(18)19-16-2-1-4-28-24(16)34-25(30)21(19)29/h1-2,4,6-8H,3,5,9-11H2. The number of hydrogen-bond acceptors (Lipinski definition) is 6. The molecular formula is C25H16F2N2O5. The first kappa shape index (κ1) is 19.5. The monoisotopic (exact) mass is 462 g/mol. The molecular weight excluding hydrogens is 446 g/mol. The van der Waals surface area contributed by atoms with E-state index in [1.54, 1.807) is 16.7 Å². The van der Waals surface area contributed by atoms with Crippen LogP contribution in [0.15, 0.2) is 45.7 Å². The van der Waals surface area contributed by atoms with E-state index in [1.807, 2.05) is 0 Å². The zero-order chi connectivity index (χ0) is 23.0. The summed E-state index contributed by atoms with van der Waals surface area (Å²) in [5.41, 5.74) is 1.77. The van der Waals surface area contributed by atoms with Crippen LogP contribution in [0.4, 0.5) is 8.78 Å². The number of fused-ring (bicyclic) bond motifs is 8. The van der Waals surface area contributed by atoms with E-state index in [4.69, 9.17) is 18.6 Å². The Hall–Kier alpha value is -3.98. The van der Waals surface area contributed by atoms with Gasteiger partial charge in [-0.2, -0.15) is 0 Å². The smallest absolute Gasteiger partial charge is 0.362 e. The van der Waals surface area contributed by atoms with Crippen LogP contribution in [0, 0.1) is 11.6 Å². The summed E-state index contributed by atoms with van der Waals surface area (Å²) in [6, 6.07) is 7.66. The summed E-state index contributed by atoms with van der Waals surface area (Å²) in [5, 5.41) is 1.79. The molecule has 2 aliphatic rings. The quantitative estimate of drug-likeness (QED) is 0.387. The highest BCUT2D eigenvalue weighted by atomic mass is 19.1. The number of rotatable bonds is 2. The Morgan fingerprint density at radius 2 is 2.00 bits per heavy atom. The van der Waals surface area contributed by atoms with E-state index >= 15 is 4.39 Å². The third kappa shape index (κ3) is 2.64. The summed E-state index contributed by atoms with van der Waals surface area (Å²) < 4.78 is 53.5. The molecule has 3 aromatic heterocycles. The van der Waals surface area contributed by atoms with E-state index in [9.17, 15) is 9.18 Å². The van der Waals surface area contributed by atoms with Crippen LogP contribution in [-0.4, -0.2) is 23.0 Å². The molecule has 0 unspecified atom stereocenters. The summed E-state index contributed by atoms with van der Waals surface area (Å²) in [5.74, 6) is 0.0373. The van der Waals surface area contributed by atoms with E-state index in [0.29, 0.717) is 62.9 Å². The first-order chi connectivity index (χ1) is 16.6. The molecule has 0 N–H and O–H groups in total. The van der Waals surface area contributed by atoms with Crippen molar-refractivity contribution in [3.8, 4) is 11.5 Å². The largest absolute Gasteiger partial charge is 0.492 e. The molecule has 2 aliphatic heterocycles. The van der Waals surface area contributed by atoms with E-state index in [2.05, 4.69) is 4.98 Å². The van der Waals surface area contributed by atoms with Gasteiger partial charge in [-0.1, -0.05) is 0 Å². The number of pyridine rings is 1. The number of aromatic nitrogens is 2. The predicted octanol–water partition coefficient (Wildman–Crippen LogP) is 4.42. The van der Waals surface area contributed by atoms with Gasteiger partial charge in [0.05, 0.1) is 30.7 Å². The third-order valence-electron chi connectivity index (χ3n) is 6.46. The van der Waals surface area contributed by atoms with Gasteiger partial charge in [-0.3, -0.25) is 0 Å². The first-order valence-electron chi connectivity index (χ1n) is 10.8. The normalized spacial score (nSPS) is 14.9. The van der Waals surface area contributed by atoms with Gasteiger partial charge in [0.1, 0.15) is 28.7 Å². The summed E-state index contributed by atoms with van der Waals surface area (Å²) in [6.45, 7) is 0.644. The molecule has 0 bridgehead atoms. The van der Waals surface area contributed by atoms with Crippen molar-refractivity contribution in [1.29, 1.82) is 0 Å². The molecule has 7 rings (SSSR count). The molecule has 0 fully saturated rings. The lowest BCUT2D eigenvalue weighted by atomic mass is 10.0. The van der Waals surface area contributed by atoms with Gasteiger partial charge in [0.15, 0.2) is 6.79 Å². The van der Waals surface area contributed by atoms with E-state index in [1.165, 1.54) is 24.4 Å². The van der Waals surface area contributed by atoms with Crippen molar-refractivity contribution in [3.05, 3.63) is 75.3 Å². The minimum Gasteiger partial charge on any atom is -0.492 e. The van der Waals surface area contributed by atoms with Gasteiger partial charge >= 0.3 is 5.63 Å². The SMILES string of the molecule is O=c1oc2ncccc2c2c3c4c(c(F)cc3n(Cc3cc(F)cc5c3OCOC5)c12)CCO4. The Morgan fingerprint density at radius 3 is 2.91 bits per heavy atom. The van der Waals surface area contributed by atoms with Crippen molar-refractivity contribution >= 4 is 32.9 Å². The van der Waals surface area contributed by atoms with Gasteiger partial charge < -0.3 is 23.2 Å². The fourth-order valence-corrected chi connectivity index (χ4v) is 5.11. The van der Waals surface area contributed by atoms with Crippen LogP contribution in [0.25, 0.3) is 32.9 Å². The molecule has 0 saturated heterocycles. The Bertz CT molecular complexity index is 1720. The molecule has 0 saturated carbocycles. The van der Waals surface area contributed by atoms with E-state index in [-0.39, 0.29) is 31.2 Å². The maximum absolute atomic E-state index is 15.1. The second-order valence-electron chi connectivity index (χ2n) is 8.38. The molecule has 34 heavy (non-hydrogen) atoms. The number of nitrogens with zero attached hydrogens (tertiary/aromatic N) is 2. The van der Waals surface area contributed by atoms with Gasteiger partial charge in [-0.25, -0.2) is 18.6 Å². The van der Waals surface area contributed by atoms with Crippen LogP contribution in [0.2, 0.25) is 0 Å². The zero-order valence-corrected chi connectivity index (χ0v) is 17.7. The van der Waals surface area contributed by atoms with Crippen molar-refractivity contribution < 1.29 is 27.4 Å². The van der Waals surface area contributed by atoms with Crippen molar-refractivity contribution in [2.24, 2.45) is 0 Å². The summed E-state index contributed by atoms with van der Waals surface area (Å²) in [6.07, 6.45) is 1.97. The molecule has 0 aliphatic carbocycles. The molecule has 0 spiro atoms. The Kier molecular flexibility index (Phi) is 4.02. The van der Waals surface area contributed by atoms with E-state index < -0.39 is 17.3 Å². The van der Waals surface area contributed by atoms with Crippen LogP contribution in [0.1, 0.15) is 16.7 Å².